The number of hydrogen-bond acceptors (Lipinski definition) is 2. The second-order valence-electron chi connectivity index (χ2n) is 3.12. The molecule has 1 aromatic carbocycles. The lowest BCUT2D eigenvalue weighted by molar-refractivity contribution is 1.27. The van der Waals surface area contributed by atoms with E-state index in [0.717, 1.165) is 16.5 Å². The fourth-order valence-electron chi connectivity index (χ4n) is 1.39. The minimum Gasteiger partial charge on any atom is -0.255 e. The van der Waals surface area contributed by atoms with E-state index in [9.17, 15) is 0 Å². The van der Waals surface area contributed by atoms with Gasteiger partial charge in [-0.15, -0.1) is 0 Å². The summed E-state index contributed by atoms with van der Waals surface area (Å²) in [7, 11) is 0. The molecule has 74 valence electrons. The molecule has 0 saturated heterocycles. The number of nitriles is 1. The lowest BCUT2D eigenvalue weighted by atomic mass is 10.1. The molecule has 4 heteroatoms. The normalized spacial score (nSPS) is 10.2. The Labute approximate surface area is 97.1 Å². The van der Waals surface area contributed by atoms with Crippen molar-refractivity contribution in [2.45, 2.75) is 6.42 Å². The van der Waals surface area contributed by atoms with Crippen molar-refractivity contribution in [2.75, 3.05) is 0 Å². The first-order valence-corrected chi connectivity index (χ1v) is 5.07. The van der Waals surface area contributed by atoms with E-state index in [1.807, 2.05) is 6.07 Å². The van der Waals surface area contributed by atoms with Crippen LogP contribution in [0, 0.1) is 11.3 Å². The summed E-state index contributed by atoms with van der Waals surface area (Å²) in [6, 6.07) is 7.47. The highest BCUT2D eigenvalue weighted by molar-refractivity contribution is 6.32. The zero-order valence-corrected chi connectivity index (χ0v) is 9.18. The van der Waals surface area contributed by atoms with Crippen molar-refractivity contribution < 1.29 is 0 Å². The summed E-state index contributed by atoms with van der Waals surface area (Å²) in [4.78, 5) is 4.14. The molecule has 15 heavy (non-hydrogen) atoms. The van der Waals surface area contributed by atoms with Gasteiger partial charge in [-0.1, -0.05) is 23.2 Å². The summed E-state index contributed by atoms with van der Waals surface area (Å²) in [5.41, 5.74) is 1.59. The summed E-state index contributed by atoms with van der Waals surface area (Å²) in [6.45, 7) is 0. The fraction of sp³-hybridized carbons (Fsp3) is 0.0909. The van der Waals surface area contributed by atoms with Crippen LogP contribution in [-0.4, -0.2) is 4.98 Å². The molecule has 2 rings (SSSR count). The van der Waals surface area contributed by atoms with Crippen LogP contribution in [0.25, 0.3) is 10.9 Å². The average Bonchev–Trinajstić information content (AvgIpc) is 2.20. The third-order valence-electron chi connectivity index (χ3n) is 2.09. The van der Waals surface area contributed by atoms with Gasteiger partial charge in [0.1, 0.15) is 0 Å². The van der Waals surface area contributed by atoms with Gasteiger partial charge < -0.3 is 0 Å². The molecule has 0 aliphatic heterocycles. The predicted molar refractivity (Wildman–Crippen MR) is 61.1 cm³/mol. The van der Waals surface area contributed by atoms with Gasteiger partial charge in [0.2, 0.25) is 0 Å². The molecule has 0 saturated carbocycles. The molecule has 2 nitrogen and oxygen atoms in total. The zero-order valence-electron chi connectivity index (χ0n) is 7.67. The highest BCUT2D eigenvalue weighted by Crippen LogP contribution is 2.24. The molecule has 0 bridgehead atoms. The van der Waals surface area contributed by atoms with E-state index in [4.69, 9.17) is 28.5 Å². The Kier molecular flexibility index (Phi) is 2.77. The molecule has 1 heterocycles. The van der Waals surface area contributed by atoms with E-state index < -0.39 is 0 Å². The molecule has 0 spiro atoms. The molecule has 0 N–H and O–H groups in total. The molecule has 0 atom stereocenters. The number of rotatable bonds is 1. The highest BCUT2D eigenvalue weighted by atomic mass is 35.5. The summed E-state index contributed by atoms with van der Waals surface area (Å²) in [5.74, 6) is 0. The van der Waals surface area contributed by atoms with Crippen molar-refractivity contribution >= 4 is 34.1 Å². The van der Waals surface area contributed by atoms with Gasteiger partial charge >= 0.3 is 0 Å². The number of fused-ring (bicyclic) bond motifs is 1. The summed E-state index contributed by atoms with van der Waals surface area (Å²) in [5, 5.41) is 10.7. The van der Waals surface area contributed by atoms with Crippen LogP contribution in [-0.2, 0) is 6.42 Å². The van der Waals surface area contributed by atoms with E-state index in [-0.39, 0.29) is 0 Å². The van der Waals surface area contributed by atoms with Gasteiger partial charge in [0.25, 0.3) is 0 Å². The van der Waals surface area contributed by atoms with Gasteiger partial charge in [0.15, 0.2) is 0 Å². The average molecular weight is 237 g/mol. The minimum absolute atomic E-state index is 0.293. The molecule has 0 aliphatic rings. The maximum Gasteiger partial charge on any atom is 0.0718 e. The van der Waals surface area contributed by atoms with E-state index in [1.165, 1.54) is 0 Å². The van der Waals surface area contributed by atoms with Gasteiger partial charge in [-0.2, -0.15) is 5.26 Å². The van der Waals surface area contributed by atoms with Crippen LogP contribution in [0.5, 0.6) is 0 Å². The van der Waals surface area contributed by atoms with Crippen LogP contribution in [0.2, 0.25) is 10.0 Å². The molecule has 2 aromatic rings. The molecule has 0 amide bonds. The molecule has 0 unspecified atom stereocenters. The van der Waals surface area contributed by atoms with Crippen molar-refractivity contribution in [1.82, 2.24) is 4.98 Å². The quantitative estimate of drug-likeness (QED) is 0.759. The second-order valence-corrected chi connectivity index (χ2v) is 3.97. The van der Waals surface area contributed by atoms with Crippen LogP contribution >= 0.6 is 23.2 Å². The van der Waals surface area contributed by atoms with Crippen molar-refractivity contribution in [2.24, 2.45) is 0 Å². The first-order valence-electron chi connectivity index (χ1n) is 4.31. The van der Waals surface area contributed by atoms with E-state index in [1.54, 1.807) is 18.3 Å². The third-order valence-corrected chi connectivity index (χ3v) is 2.64. The Hall–Kier alpha value is -1.30. The Bertz CT molecular complexity index is 558. The number of aromatic nitrogens is 1. The van der Waals surface area contributed by atoms with E-state index in [2.05, 4.69) is 11.1 Å². The van der Waals surface area contributed by atoms with Crippen molar-refractivity contribution in [1.29, 1.82) is 5.26 Å². The van der Waals surface area contributed by atoms with Crippen molar-refractivity contribution in [3.05, 3.63) is 40.0 Å². The van der Waals surface area contributed by atoms with Crippen LogP contribution in [0.4, 0.5) is 0 Å². The molecule has 0 radical (unpaired) electrons. The number of halogens is 2. The van der Waals surface area contributed by atoms with Crippen LogP contribution in [0.1, 0.15) is 5.56 Å². The van der Waals surface area contributed by atoms with E-state index in [0.29, 0.717) is 16.5 Å². The maximum absolute atomic E-state index is 8.62. The number of nitrogens with zero attached hydrogens (tertiary/aromatic N) is 2. The lowest BCUT2D eigenvalue weighted by Crippen LogP contribution is -1.86. The lowest BCUT2D eigenvalue weighted by Gasteiger charge is -2.03. The molecule has 1 aromatic heterocycles. The smallest absolute Gasteiger partial charge is 0.0718 e. The van der Waals surface area contributed by atoms with Gasteiger partial charge in [-0.25, -0.2) is 0 Å². The van der Waals surface area contributed by atoms with E-state index >= 15 is 0 Å². The fourth-order valence-corrected chi connectivity index (χ4v) is 1.78. The Morgan fingerprint density at radius 1 is 1.27 bits per heavy atom. The van der Waals surface area contributed by atoms with Gasteiger partial charge in [0, 0.05) is 16.6 Å². The number of benzene rings is 1. The molecular formula is C11H6Cl2N2. The molecule has 0 aliphatic carbocycles. The summed E-state index contributed by atoms with van der Waals surface area (Å²) >= 11 is 11.8. The topological polar surface area (TPSA) is 36.7 Å². The Balaban J connectivity index is 2.67. The second kappa shape index (κ2) is 4.06. The summed E-state index contributed by atoms with van der Waals surface area (Å²) in [6.07, 6.45) is 1.87. The SMILES string of the molecule is N#CCc1cc2cc(Cl)cnc2cc1Cl. The standard InChI is InChI=1S/C11H6Cl2N2/c12-9-4-8-3-7(1-2-14)10(13)5-11(8)15-6-9/h3-6H,1H2. The monoisotopic (exact) mass is 236 g/mol. The number of hydrogen-bond donors (Lipinski definition) is 0. The van der Waals surface area contributed by atoms with Crippen LogP contribution < -0.4 is 0 Å². The first kappa shape index (κ1) is 10.2. The van der Waals surface area contributed by atoms with Gasteiger partial charge in [-0.05, 0) is 23.8 Å². The molecular weight excluding hydrogens is 231 g/mol. The van der Waals surface area contributed by atoms with Crippen LogP contribution in [0.3, 0.4) is 0 Å². The highest BCUT2D eigenvalue weighted by Gasteiger charge is 2.04. The Morgan fingerprint density at radius 3 is 2.80 bits per heavy atom. The third kappa shape index (κ3) is 2.04. The van der Waals surface area contributed by atoms with Gasteiger partial charge in [0.05, 0.1) is 23.0 Å². The maximum atomic E-state index is 8.62. The molecule has 0 fully saturated rings. The zero-order chi connectivity index (χ0) is 10.8. The van der Waals surface area contributed by atoms with Crippen molar-refractivity contribution in [3.8, 4) is 6.07 Å². The first-order chi connectivity index (χ1) is 7.20. The van der Waals surface area contributed by atoms with Gasteiger partial charge in [-0.3, -0.25) is 4.98 Å². The van der Waals surface area contributed by atoms with Crippen LogP contribution in [0.15, 0.2) is 24.4 Å². The van der Waals surface area contributed by atoms with Crippen molar-refractivity contribution in [3.63, 3.8) is 0 Å². The Morgan fingerprint density at radius 2 is 2.07 bits per heavy atom. The minimum atomic E-state index is 0.293. The summed E-state index contributed by atoms with van der Waals surface area (Å²) < 4.78 is 0. The predicted octanol–water partition coefficient (Wildman–Crippen LogP) is 3.61. The largest absolute Gasteiger partial charge is 0.255 e. The number of pyridine rings is 1.